The van der Waals surface area contributed by atoms with E-state index in [0.29, 0.717) is 0 Å². The fraction of sp³-hybridized carbons (Fsp3) is 0.444. The smallest absolute Gasteiger partial charge is 0.00665 e. The summed E-state index contributed by atoms with van der Waals surface area (Å²) in [6, 6.07) is 4.46. The topological polar surface area (TPSA) is 0 Å². The Morgan fingerprint density at radius 2 is 1.94 bits per heavy atom. The maximum atomic E-state index is 4.03. The molecule has 0 heterocycles. The second-order valence-corrected chi connectivity index (χ2v) is 5.75. The molecule has 98 valence electrons. The minimum atomic E-state index is 0.718. The van der Waals surface area contributed by atoms with E-state index < -0.39 is 0 Å². The molecule has 0 nitrogen and oxygen atoms in total. The molecule has 0 amide bonds. The van der Waals surface area contributed by atoms with E-state index in [1.54, 1.807) is 0 Å². The van der Waals surface area contributed by atoms with Crippen LogP contribution in [0.1, 0.15) is 49.4 Å². The summed E-state index contributed by atoms with van der Waals surface area (Å²) >= 11 is 0. The highest BCUT2D eigenvalue weighted by Crippen LogP contribution is 2.22. The molecule has 1 aromatic carbocycles. The van der Waals surface area contributed by atoms with Crippen LogP contribution in [-0.4, -0.2) is 0 Å². The standard InChI is InChI=1S/C18H26/c1-13(2)8-7-9-18-16(6)15(5)10-11-17(18)12-14(3)4/h7,9-11,13H,3,8,12H2,1-2,4-6H3/b9-7-. The molecule has 0 unspecified atom stereocenters. The number of allylic oxidation sites excluding steroid dienone is 2. The van der Waals surface area contributed by atoms with E-state index in [1.807, 2.05) is 0 Å². The molecule has 0 spiro atoms. The van der Waals surface area contributed by atoms with Gasteiger partial charge in [-0.2, -0.15) is 0 Å². The van der Waals surface area contributed by atoms with Crippen LogP contribution in [0.3, 0.4) is 0 Å². The molecule has 0 bridgehead atoms. The summed E-state index contributed by atoms with van der Waals surface area (Å²) in [4.78, 5) is 0. The zero-order chi connectivity index (χ0) is 13.7. The summed E-state index contributed by atoms with van der Waals surface area (Å²) in [5, 5.41) is 0. The zero-order valence-electron chi connectivity index (χ0n) is 12.5. The van der Waals surface area contributed by atoms with Gasteiger partial charge in [-0.1, -0.05) is 50.3 Å². The molecule has 0 heteroatoms. The monoisotopic (exact) mass is 242 g/mol. The van der Waals surface area contributed by atoms with Crippen LogP contribution in [0.4, 0.5) is 0 Å². The third-order valence-electron chi connectivity index (χ3n) is 3.26. The second-order valence-electron chi connectivity index (χ2n) is 5.75. The highest BCUT2D eigenvalue weighted by Gasteiger charge is 2.05. The molecule has 0 N–H and O–H groups in total. The number of rotatable bonds is 5. The lowest BCUT2D eigenvalue weighted by molar-refractivity contribution is 0.665. The van der Waals surface area contributed by atoms with Crippen LogP contribution in [0.2, 0.25) is 0 Å². The van der Waals surface area contributed by atoms with E-state index >= 15 is 0 Å². The van der Waals surface area contributed by atoms with Crippen LogP contribution in [0.25, 0.3) is 6.08 Å². The Bertz CT molecular complexity index is 447. The van der Waals surface area contributed by atoms with Crippen molar-refractivity contribution in [1.29, 1.82) is 0 Å². The van der Waals surface area contributed by atoms with Gasteiger partial charge in [0.05, 0.1) is 0 Å². The zero-order valence-corrected chi connectivity index (χ0v) is 12.5. The van der Waals surface area contributed by atoms with Crippen LogP contribution in [-0.2, 0) is 6.42 Å². The number of benzene rings is 1. The van der Waals surface area contributed by atoms with Crippen molar-refractivity contribution >= 4 is 6.08 Å². The van der Waals surface area contributed by atoms with Crippen molar-refractivity contribution in [2.45, 2.75) is 47.5 Å². The molecule has 0 aliphatic heterocycles. The molecule has 18 heavy (non-hydrogen) atoms. The van der Waals surface area contributed by atoms with Gasteiger partial charge in [0.1, 0.15) is 0 Å². The van der Waals surface area contributed by atoms with Crippen LogP contribution >= 0.6 is 0 Å². The first kappa shape index (κ1) is 14.8. The third kappa shape index (κ3) is 4.18. The summed E-state index contributed by atoms with van der Waals surface area (Å²) in [6.45, 7) is 15.0. The van der Waals surface area contributed by atoms with Gasteiger partial charge in [0, 0.05) is 0 Å². The van der Waals surface area contributed by atoms with Gasteiger partial charge in [0.2, 0.25) is 0 Å². The van der Waals surface area contributed by atoms with Crippen molar-refractivity contribution in [3.63, 3.8) is 0 Å². The highest BCUT2D eigenvalue weighted by atomic mass is 14.1. The molecular formula is C18H26. The van der Waals surface area contributed by atoms with Crippen LogP contribution in [0.5, 0.6) is 0 Å². The molecule has 0 aliphatic carbocycles. The van der Waals surface area contributed by atoms with Gasteiger partial charge in [-0.05, 0) is 61.8 Å². The lowest BCUT2D eigenvalue weighted by Crippen LogP contribution is -1.96. The van der Waals surface area contributed by atoms with Crippen molar-refractivity contribution in [1.82, 2.24) is 0 Å². The molecule has 0 fully saturated rings. The SMILES string of the molecule is C=C(C)Cc1ccc(C)c(C)c1/C=C\CC(C)C. The minimum Gasteiger partial charge on any atom is -0.0998 e. The third-order valence-corrected chi connectivity index (χ3v) is 3.26. The van der Waals surface area contributed by atoms with Crippen molar-refractivity contribution < 1.29 is 0 Å². The first-order valence-electron chi connectivity index (χ1n) is 6.81. The van der Waals surface area contributed by atoms with E-state index in [2.05, 4.69) is 65.5 Å². The Hall–Kier alpha value is -1.30. The van der Waals surface area contributed by atoms with Gasteiger partial charge in [-0.15, -0.1) is 0 Å². The van der Waals surface area contributed by atoms with Crippen LogP contribution in [0, 0.1) is 19.8 Å². The van der Waals surface area contributed by atoms with Crippen molar-refractivity contribution in [2.75, 3.05) is 0 Å². The predicted octanol–water partition coefficient (Wildman–Crippen LogP) is 5.48. The highest BCUT2D eigenvalue weighted by molar-refractivity contribution is 5.60. The van der Waals surface area contributed by atoms with Crippen molar-refractivity contribution in [2.24, 2.45) is 5.92 Å². The van der Waals surface area contributed by atoms with E-state index in [1.165, 1.54) is 27.8 Å². The normalized spacial score (nSPS) is 11.4. The summed E-state index contributed by atoms with van der Waals surface area (Å²) < 4.78 is 0. The van der Waals surface area contributed by atoms with Crippen LogP contribution in [0.15, 0.2) is 30.4 Å². The Labute approximate surface area is 112 Å². The predicted molar refractivity (Wildman–Crippen MR) is 82.9 cm³/mol. The van der Waals surface area contributed by atoms with Gasteiger partial charge in [0.15, 0.2) is 0 Å². The fourth-order valence-corrected chi connectivity index (χ4v) is 2.06. The van der Waals surface area contributed by atoms with Crippen molar-refractivity contribution in [3.8, 4) is 0 Å². The molecule has 1 rings (SSSR count). The molecular weight excluding hydrogens is 216 g/mol. The molecule has 0 atom stereocenters. The van der Waals surface area contributed by atoms with E-state index in [4.69, 9.17) is 0 Å². The van der Waals surface area contributed by atoms with Gasteiger partial charge >= 0.3 is 0 Å². The molecule has 0 saturated heterocycles. The fourth-order valence-electron chi connectivity index (χ4n) is 2.06. The van der Waals surface area contributed by atoms with Gasteiger partial charge in [0.25, 0.3) is 0 Å². The molecule has 0 aromatic heterocycles. The lowest BCUT2D eigenvalue weighted by atomic mass is 9.93. The molecule has 1 aromatic rings. The lowest BCUT2D eigenvalue weighted by Gasteiger charge is -2.12. The number of aryl methyl sites for hydroxylation is 1. The first-order chi connectivity index (χ1) is 8.41. The molecule has 0 saturated carbocycles. The number of hydrogen-bond acceptors (Lipinski definition) is 0. The first-order valence-corrected chi connectivity index (χ1v) is 6.81. The average Bonchev–Trinajstić information content (AvgIpc) is 2.26. The summed E-state index contributed by atoms with van der Waals surface area (Å²) in [6.07, 6.45) is 6.71. The quantitative estimate of drug-likeness (QED) is 0.600. The summed E-state index contributed by atoms with van der Waals surface area (Å²) in [5.41, 5.74) is 6.76. The summed E-state index contributed by atoms with van der Waals surface area (Å²) in [7, 11) is 0. The van der Waals surface area contributed by atoms with E-state index in [9.17, 15) is 0 Å². The Morgan fingerprint density at radius 1 is 1.28 bits per heavy atom. The average molecular weight is 242 g/mol. The summed E-state index contributed by atoms with van der Waals surface area (Å²) in [5.74, 6) is 0.718. The Kier molecular flexibility index (Phi) is 5.40. The molecule has 0 aliphatic rings. The maximum Gasteiger partial charge on any atom is -0.00665 e. The maximum absolute atomic E-state index is 4.03. The van der Waals surface area contributed by atoms with Crippen LogP contribution < -0.4 is 0 Å². The Balaban J connectivity index is 3.08. The molecule has 0 radical (unpaired) electrons. The van der Waals surface area contributed by atoms with Gasteiger partial charge in [-0.25, -0.2) is 0 Å². The Morgan fingerprint density at radius 3 is 2.50 bits per heavy atom. The number of hydrogen-bond donors (Lipinski definition) is 0. The van der Waals surface area contributed by atoms with Crippen molar-refractivity contribution in [3.05, 3.63) is 52.6 Å². The largest absolute Gasteiger partial charge is 0.0998 e. The second kappa shape index (κ2) is 6.58. The van der Waals surface area contributed by atoms with Gasteiger partial charge in [-0.3, -0.25) is 0 Å². The minimum absolute atomic E-state index is 0.718. The van der Waals surface area contributed by atoms with E-state index in [-0.39, 0.29) is 0 Å². The van der Waals surface area contributed by atoms with Gasteiger partial charge < -0.3 is 0 Å². The van der Waals surface area contributed by atoms with E-state index in [0.717, 1.165) is 18.8 Å².